The van der Waals surface area contributed by atoms with E-state index in [1.807, 2.05) is 30.1 Å². The van der Waals surface area contributed by atoms with Crippen molar-refractivity contribution < 1.29 is 4.79 Å². The topological polar surface area (TPSA) is 73.4 Å². The van der Waals surface area contributed by atoms with Crippen LogP contribution < -0.4 is 15.5 Å². The smallest absolute Gasteiger partial charge is 0.236 e. The van der Waals surface area contributed by atoms with Gasteiger partial charge in [-0.2, -0.15) is 4.98 Å². The molecular weight excluding hydrogens is 435 g/mol. The van der Waals surface area contributed by atoms with Crippen LogP contribution in [0.2, 0.25) is 10.0 Å². The van der Waals surface area contributed by atoms with E-state index in [-0.39, 0.29) is 11.3 Å². The highest BCUT2D eigenvalue weighted by atomic mass is 35.5. The van der Waals surface area contributed by atoms with Gasteiger partial charge in [-0.3, -0.25) is 4.79 Å². The van der Waals surface area contributed by atoms with Crippen molar-refractivity contribution in [2.75, 3.05) is 50.0 Å². The molecule has 2 aliphatic rings. The molecule has 1 aromatic carbocycles. The fourth-order valence-electron chi connectivity index (χ4n) is 4.45. The molecule has 2 aromatic rings. The van der Waals surface area contributed by atoms with Crippen LogP contribution in [0.25, 0.3) is 0 Å². The first-order valence-corrected chi connectivity index (χ1v) is 11.4. The number of hydrogen-bond donors (Lipinski definition) is 2. The van der Waals surface area contributed by atoms with Gasteiger partial charge >= 0.3 is 0 Å². The summed E-state index contributed by atoms with van der Waals surface area (Å²) in [6, 6.07) is 7.35. The van der Waals surface area contributed by atoms with E-state index < -0.39 is 0 Å². The Morgan fingerprint density at radius 1 is 1.16 bits per heavy atom. The fraction of sp³-hybridized carbons (Fsp3) is 0.500. The van der Waals surface area contributed by atoms with Gasteiger partial charge in [0.25, 0.3) is 0 Å². The van der Waals surface area contributed by atoms with Crippen LogP contribution in [0.3, 0.4) is 0 Å². The van der Waals surface area contributed by atoms with Gasteiger partial charge in [0, 0.05) is 49.0 Å². The minimum absolute atomic E-state index is 0.199. The minimum atomic E-state index is 0.199. The number of aromatic nitrogens is 2. The van der Waals surface area contributed by atoms with Crippen LogP contribution in [0, 0.1) is 5.41 Å². The summed E-state index contributed by atoms with van der Waals surface area (Å²) in [6.07, 6.45) is 4.97. The number of carbonyl (C=O) groups is 1. The molecule has 0 radical (unpaired) electrons. The van der Waals surface area contributed by atoms with E-state index in [2.05, 4.69) is 20.5 Å². The average molecular weight is 463 g/mol. The van der Waals surface area contributed by atoms with Gasteiger partial charge in [-0.1, -0.05) is 29.3 Å². The molecule has 0 saturated carbocycles. The number of nitrogens with one attached hydrogen (secondary N) is 2. The molecule has 2 aliphatic heterocycles. The summed E-state index contributed by atoms with van der Waals surface area (Å²) in [5.41, 5.74) is 1.20. The Bertz CT molecular complexity index is 932. The van der Waals surface area contributed by atoms with Crippen LogP contribution >= 0.6 is 23.2 Å². The maximum absolute atomic E-state index is 12.2. The van der Waals surface area contributed by atoms with Gasteiger partial charge in [0.1, 0.15) is 5.82 Å². The summed E-state index contributed by atoms with van der Waals surface area (Å²) in [6.45, 7) is 4.51. The van der Waals surface area contributed by atoms with Crippen molar-refractivity contribution in [1.82, 2.24) is 20.2 Å². The number of anilines is 2. The molecule has 0 bridgehead atoms. The summed E-state index contributed by atoms with van der Waals surface area (Å²) in [5.74, 6) is 1.70. The lowest BCUT2D eigenvalue weighted by atomic mass is 9.78. The fourth-order valence-corrected chi connectivity index (χ4v) is 4.93. The monoisotopic (exact) mass is 462 g/mol. The van der Waals surface area contributed by atoms with Crippen LogP contribution in [0.4, 0.5) is 11.8 Å². The van der Waals surface area contributed by atoms with Crippen molar-refractivity contribution in [3.8, 4) is 0 Å². The maximum Gasteiger partial charge on any atom is 0.236 e. The number of rotatable bonds is 6. The highest BCUT2D eigenvalue weighted by Crippen LogP contribution is 2.41. The molecule has 0 aliphatic carbocycles. The second-order valence-corrected chi connectivity index (χ2v) is 9.26. The standard InChI is InChI=1S/C22H28Cl2N6O/c1-25-14-20(31)30-11-7-22(15-30)5-9-29(10-6-22)21-26-8-4-19(28-21)27-13-16-2-3-17(23)12-18(16)24/h2-4,8,12,25H,5-7,9-11,13-15H2,1H3,(H,26,27,28). The quantitative estimate of drug-likeness (QED) is 0.684. The largest absolute Gasteiger partial charge is 0.366 e. The molecule has 1 aromatic heterocycles. The lowest BCUT2D eigenvalue weighted by molar-refractivity contribution is -0.129. The molecule has 7 nitrogen and oxygen atoms in total. The van der Waals surface area contributed by atoms with E-state index in [1.54, 1.807) is 12.3 Å². The second kappa shape index (κ2) is 9.59. The minimum Gasteiger partial charge on any atom is -0.366 e. The third kappa shape index (κ3) is 5.22. The Morgan fingerprint density at radius 3 is 2.68 bits per heavy atom. The number of amides is 1. The Balaban J connectivity index is 1.34. The molecule has 2 N–H and O–H groups in total. The van der Waals surface area contributed by atoms with Gasteiger partial charge in [-0.15, -0.1) is 0 Å². The number of nitrogens with zero attached hydrogens (tertiary/aromatic N) is 4. The summed E-state index contributed by atoms with van der Waals surface area (Å²) in [5, 5.41) is 7.54. The van der Waals surface area contributed by atoms with E-state index in [1.165, 1.54) is 0 Å². The molecule has 2 fully saturated rings. The number of likely N-dealkylation sites (tertiary alicyclic amines) is 1. The molecule has 9 heteroatoms. The zero-order chi connectivity index (χ0) is 21.8. The Hall–Kier alpha value is -2.09. The first kappa shape index (κ1) is 22.1. The van der Waals surface area contributed by atoms with Crippen LogP contribution in [-0.4, -0.2) is 60.5 Å². The SMILES string of the molecule is CNCC(=O)N1CCC2(CCN(c3nccc(NCc4ccc(Cl)cc4Cl)n3)CC2)C1. The predicted molar refractivity (Wildman–Crippen MR) is 125 cm³/mol. The highest BCUT2D eigenvalue weighted by molar-refractivity contribution is 6.35. The van der Waals surface area contributed by atoms with Crippen molar-refractivity contribution in [1.29, 1.82) is 0 Å². The number of hydrogen-bond acceptors (Lipinski definition) is 6. The zero-order valence-corrected chi connectivity index (χ0v) is 19.2. The van der Waals surface area contributed by atoms with E-state index in [9.17, 15) is 4.79 Å². The summed E-state index contributed by atoms with van der Waals surface area (Å²) >= 11 is 12.2. The van der Waals surface area contributed by atoms with Crippen molar-refractivity contribution >= 4 is 40.9 Å². The third-order valence-corrected chi connectivity index (χ3v) is 6.93. The first-order valence-electron chi connectivity index (χ1n) is 10.7. The van der Waals surface area contributed by atoms with E-state index in [0.29, 0.717) is 23.1 Å². The highest BCUT2D eigenvalue weighted by Gasteiger charge is 2.42. The van der Waals surface area contributed by atoms with Gasteiger partial charge in [0.05, 0.1) is 6.54 Å². The van der Waals surface area contributed by atoms with Crippen molar-refractivity contribution in [2.24, 2.45) is 5.41 Å². The molecule has 4 rings (SSSR count). The molecule has 0 atom stereocenters. The van der Waals surface area contributed by atoms with Crippen molar-refractivity contribution in [3.05, 3.63) is 46.1 Å². The molecule has 31 heavy (non-hydrogen) atoms. The van der Waals surface area contributed by atoms with E-state index >= 15 is 0 Å². The summed E-state index contributed by atoms with van der Waals surface area (Å²) < 4.78 is 0. The Morgan fingerprint density at radius 2 is 1.94 bits per heavy atom. The normalized spacial score (nSPS) is 17.9. The molecule has 166 valence electrons. The van der Waals surface area contributed by atoms with Crippen LogP contribution in [0.5, 0.6) is 0 Å². The van der Waals surface area contributed by atoms with Gasteiger partial charge in [-0.25, -0.2) is 4.98 Å². The summed E-state index contributed by atoms with van der Waals surface area (Å²) in [4.78, 5) is 25.6. The molecule has 0 unspecified atom stereocenters. The van der Waals surface area contributed by atoms with Crippen LogP contribution in [0.1, 0.15) is 24.8 Å². The van der Waals surface area contributed by atoms with E-state index in [0.717, 1.165) is 62.8 Å². The molecule has 1 spiro atoms. The number of benzene rings is 1. The van der Waals surface area contributed by atoms with Crippen LogP contribution in [-0.2, 0) is 11.3 Å². The first-order chi connectivity index (χ1) is 15.0. The number of halogens is 2. The Kier molecular flexibility index (Phi) is 6.84. The number of carbonyl (C=O) groups excluding carboxylic acids is 1. The molecular formula is C22H28Cl2N6O. The average Bonchev–Trinajstić information content (AvgIpc) is 3.18. The molecule has 3 heterocycles. The molecule has 2 saturated heterocycles. The van der Waals surface area contributed by atoms with Gasteiger partial charge < -0.3 is 20.4 Å². The van der Waals surface area contributed by atoms with Crippen molar-refractivity contribution in [2.45, 2.75) is 25.8 Å². The Labute approximate surface area is 193 Å². The van der Waals surface area contributed by atoms with Gasteiger partial charge in [0.15, 0.2) is 0 Å². The second-order valence-electron chi connectivity index (χ2n) is 8.41. The van der Waals surface area contributed by atoms with Gasteiger partial charge in [-0.05, 0) is 55.5 Å². The number of piperidine rings is 1. The van der Waals surface area contributed by atoms with Crippen LogP contribution in [0.15, 0.2) is 30.5 Å². The maximum atomic E-state index is 12.2. The van der Waals surface area contributed by atoms with Crippen molar-refractivity contribution in [3.63, 3.8) is 0 Å². The summed E-state index contributed by atoms with van der Waals surface area (Å²) in [7, 11) is 1.81. The number of likely N-dealkylation sites (N-methyl/N-ethyl adjacent to an activating group) is 1. The van der Waals surface area contributed by atoms with Gasteiger partial charge in [0.2, 0.25) is 11.9 Å². The zero-order valence-electron chi connectivity index (χ0n) is 17.7. The lowest BCUT2D eigenvalue weighted by Gasteiger charge is -2.39. The predicted octanol–water partition coefficient (Wildman–Crippen LogP) is 3.43. The third-order valence-electron chi connectivity index (χ3n) is 6.34. The lowest BCUT2D eigenvalue weighted by Crippen LogP contribution is -2.43. The molecule has 1 amide bonds. The van der Waals surface area contributed by atoms with E-state index in [4.69, 9.17) is 28.2 Å².